The number of hydrogen-bond donors (Lipinski definition) is 1. The van der Waals surface area contributed by atoms with E-state index in [2.05, 4.69) is 21.2 Å². The van der Waals surface area contributed by atoms with Gasteiger partial charge in [-0.05, 0) is 47.9 Å². The standard InChI is InChI=1S/C33H31BrN2O5S/c1-22-13-15-23(16-14-22)21-35-32(37)31-28(24-9-5-3-6-10-24)29(33(38)41-2)30(25-11-7-4-8-12-25)36(31)42(39,40)27-19-17-26(34)18-20-27/h3-20,28-31H,21H2,1-2H3,(H,35,37). The summed E-state index contributed by atoms with van der Waals surface area (Å²) in [6.45, 7) is 2.18. The number of nitrogens with zero attached hydrogens (tertiary/aromatic N) is 1. The maximum absolute atomic E-state index is 14.6. The number of benzene rings is 4. The lowest BCUT2D eigenvalue weighted by atomic mass is 9.80. The molecule has 1 aliphatic heterocycles. The number of amides is 1. The monoisotopic (exact) mass is 646 g/mol. The predicted octanol–water partition coefficient (Wildman–Crippen LogP) is 5.76. The molecular formula is C33H31BrN2O5S. The number of esters is 1. The lowest BCUT2D eigenvalue weighted by Crippen LogP contribution is -2.48. The highest BCUT2D eigenvalue weighted by atomic mass is 79.9. The van der Waals surface area contributed by atoms with E-state index in [1.54, 1.807) is 36.4 Å². The van der Waals surface area contributed by atoms with Crippen LogP contribution in [0.4, 0.5) is 0 Å². The van der Waals surface area contributed by atoms with Crippen LogP contribution in [0.1, 0.15) is 34.2 Å². The van der Waals surface area contributed by atoms with Gasteiger partial charge in [-0.1, -0.05) is 106 Å². The first-order chi connectivity index (χ1) is 20.2. The van der Waals surface area contributed by atoms with Crippen molar-refractivity contribution in [3.8, 4) is 0 Å². The van der Waals surface area contributed by atoms with Gasteiger partial charge < -0.3 is 10.1 Å². The molecule has 4 unspecified atom stereocenters. The van der Waals surface area contributed by atoms with Crippen LogP contribution < -0.4 is 5.32 Å². The Labute approximate surface area is 254 Å². The van der Waals surface area contributed by atoms with Crippen LogP contribution in [0.25, 0.3) is 0 Å². The highest BCUT2D eigenvalue weighted by Gasteiger charge is 2.60. The third-order valence-corrected chi connectivity index (χ3v) is 10.1. The van der Waals surface area contributed by atoms with E-state index >= 15 is 0 Å². The first-order valence-electron chi connectivity index (χ1n) is 13.5. The summed E-state index contributed by atoms with van der Waals surface area (Å²) in [5, 5.41) is 2.97. The highest BCUT2D eigenvalue weighted by molar-refractivity contribution is 9.10. The zero-order valence-corrected chi connectivity index (χ0v) is 25.6. The van der Waals surface area contributed by atoms with Gasteiger partial charge in [-0.25, -0.2) is 8.42 Å². The molecular weight excluding hydrogens is 616 g/mol. The Morgan fingerprint density at radius 3 is 1.98 bits per heavy atom. The number of nitrogens with one attached hydrogen (secondary N) is 1. The molecule has 1 aliphatic rings. The van der Waals surface area contributed by atoms with Crippen LogP contribution >= 0.6 is 15.9 Å². The average Bonchev–Trinajstić information content (AvgIpc) is 3.38. The topological polar surface area (TPSA) is 92.8 Å². The Bertz CT molecular complexity index is 1650. The van der Waals surface area contributed by atoms with E-state index in [-0.39, 0.29) is 11.4 Å². The SMILES string of the molecule is COC(=O)C1C(c2ccccc2)C(C(=O)NCc2ccc(C)cc2)N(S(=O)(=O)c2ccc(Br)cc2)C1c1ccccc1. The van der Waals surface area contributed by atoms with Gasteiger partial charge in [0.1, 0.15) is 6.04 Å². The molecule has 7 nitrogen and oxygen atoms in total. The van der Waals surface area contributed by atoms with Gasteiger partial charge in [0.15, 0.2) is 0 Å². The number of aryl methyl sites for hydroxylation is 1. The van der Waals surface area contributed by atoms with E-state index in [0.29, 0.717) is 15.6 Å². The van der Waals surface area contributed by atoms with Gasteiger partial charge in [-0.3, -0.25) is 9.59 Å². The number of ether oxygens (including phenoxy) is 1. The fourth-order valence-electron chi connectivity index (χ4n) is 5.67. The number of carbonyl (C=O) groups excluding carboxylic acids is 2. The molecule has 4 aromatic rings. The van der Waals surface area contributed by atoms with E-state index in [4.69, 9.17) is 4.74 Å². The molecule has 0 spiro atoms. The van der Waals surface area contributed by atoms with Crippen molar-refractivity contribution in [2.45, 2.75) is 36.4 Å². The third-order valence-electron chi connectivity index (χ3n) is 7.66. The van der Waals surface area contributed by atoms with Gasteiger partial charge in [0.2, 0.25) is 15.9 Å². The summed E-state index contributed by atoms with van der Waals surface area (Å²) in [5.41, 5.74) is 3.21. The molecule has 1 fully saturated rings. The summed E-state index contributed by atoms with van der Waals surface area (Å²) in [6.07, 6.45) is 0. The van der Waals surface area contributed by atoms with E-state index in [0.717, 1.165) is 11.1 Å². The van der Waals surface area contributed by atoms with E-state index in [9.17, 15) is 18.0 Å². The second-order valence-electron chi connectivity index (χ2n) is 10.3. The summed E-state index contributed by atoms with van der Waals surface area (Å²) in [6, 6.07) is 29.8. The maximum Gasteiger partial charge on any atom is 0.311 e. The quantitative estimate of drug-likeness (QED) is 0.246. The summed E-state index contributed by atoms with van der Waals surface area (Å²) >= 11 is 3.37. The summed E-state index contributed by atoms with van der Waals surface area (Å²) < 4.78 is 36.4. The summed E-state index contributed by atoms with van der Waals surface area (Å²) in [5.74, 6) is -2.92. The minimum Gasteiger partial charge on any atom is -0.469 e. The molecule has 0 bridgehead atoms. The first-order valence-corrected chi connectivity index (χ1v) is 15.8. The number of carbonyl (C=O) groups is 2. The number of hydrogen-bond acceptors (Lipinski definition) is 5. The molecule has 9 heteroatoms. The zero-order chi connectivity index (χ0) is 29.9. The molecule has 0 aromatic heterocycles. The predicted molar refractivity (Wildman–Crippen MR) is 164 cm³/mol. The van der Waals surface area contributed by atoms with Gasteiger partial charge in [0.25, 0.3) is 0 Å². The molecule has 216 valence electrons. The van der Waals surface area contributed by atoms with Crippen LogP contribution in [0.2, 0.25) is 0 Å². The van der Waals surface area contributed by atoms with Crippen molar-refractivity contribution in [3.63, 3.8) is 0 Å². The number of sulfonamides is 1. The van der Waals surface area contributed by atoms with Crippen molar-refractivity contribution in [1.82, 2.24) is 9.62 Å². The average molecular weight is 648 g/mol. The molecule has 42 heavy (non-hydrogen) atoms. The van der Waals surface area contributed by atoms with Crippen LogP contribution in [0.3, 0.4) is 0 Å². The molecule has 4 aromatic carbocycles. The number of halogens is 1. The molecule has 1 N–H and O–H groups in total. The van der Waals surface area contributed by atoms with Gasteiger partial charge in [-0.15, -0.1) is 0 Å². The molecule has 0 aliphatic carbocycles. The van der Waals surface area contributed by atoms with Crippen molar-refractivity contribution in [1.29, 1.82) is 0 Å². The smallest absolute Gasteiger partial charge is 0.311 e. The first kappa shape index (κ1) is 29.7. The van der Waals surface area contributed by atoms with E-state index in [1.807, 2.05) is 67.6 Å². The van der Waals surface area contributed by atoms with Gasteiger partial charge in [0.05, 0.1) is 24.0 Å². The van der Waals surface area contributed by atoms with Crippen molar-refractivity contribution in [2.24, 2.45) is 5.92 Å². The Morgan fingerprint density at radius 2 is 1.40 bits per heavy atom. The molecule has 0 radical (unpaired) electrons. The van der Waals surface area contributed by atoms with Gasteiger partial charge >= 0.3 is 5.97 Å². The second kappa shape index (κ2) is 12.6. The van der Waals surface area contributed by atoms with E-state index in [1.165, 1.54) is 23.5 Å². The molecule has 4 atom stereocenters. The fourth-order valence-corrected chi connectivity index (χ4v) is 7.73. The molecule has 1 amide bonds. The summed E-state index contributed by atoms with van der Waals surface area (Å²) in [7, 11) is -3.02. The Balaban J connectivity index is 1.71. The molecule has 5 rings (SSSR count). The van der Waals surface area contributed by atoms with Gasteiger partial charge in [0, 0.05) is 16.9 Å². The Hall–Kier alpha value is -3.79. The van der Waals surface area contributed by atoms with Crippen LogP contribution in [0.5, 0.6) is 0 Å². The normalized spacial score (nSPS) is 20.6. The Morgan fingerprint density at radius 1 is 0.833 bits per heavy atom. The molecule has 1 heterocycles. The lowest BCUT2D eigenvalue weighted by molar-refractivity contribution is -0.146. The van der Waals surface area contributed by atoms with Crippen molar-refractivity contribution >= 4 is 37.8 Å². The van der Waals surface area contributed by atoms with Crippen LogP contribution in [-0.4, -0.2) is 37.8 Å². The van der Waals surface area contributed by atoms with Gasteiger partial charge in [-0.2, -0.15) is 4.31 Å². The largest absolute Gasteiger partial charge is 0.469 e. The highest BCUT2D eigenvalue weighted by Crippen LogP contribution is 2.52. The summed E-state index contributed by atoms with van der Waals surface area (Å²) in [4.78, 5) is 27.9. The maximum atomic E-state index is 14.6. The number of methoxy groups -OCH3 is 1. The Kier molecular flexibility index (Phi) is 8.91. The van der Waals surface area contributed by atoms with Crippen LogP contribution in [-0.2, 0) is 30.9 Å². The van der Waals surface area contributed by atoms with Crippen LogP contribution in [0, 0.1) is 12.8 Å². The molecule has 0 saturated carbocycles. The second-order valence-corrected chi connectivity index (χ2v) is 13.0. The molecule has 1 saturated heterocycles. The minimum atomic E-state index is -4.31. The fraction of sp³-hybridized carbons (Fsp3) is 0.212. The van der Waals surface area contributed by atoms with Crippen molar-refractivity contribution in [2.75, 3.05) is 7.11 Å². The lowest BCUT2D eigenvalue weighted by Gasteiger charge is -2.30. The van der Waals surface area contributed by atoms with E-state index < -0.39 is 45.8 Å². The third kappa shape index (κ3) is 5.90. The van der Waals surface area contributed by atoms with Crippen molar-refractivity contribution < 1.29 is 22.7 Å². The minimum absolute atomic E-state index is 0.0142. The zero-order valence-electron chi connectivity index (χ0n) is 23.2. The van der Waals surface area contributed by atoms with Crippen LogP contribution in [0.15, 0.2) is 119 Å². The number of rotatable bonds is 8. The van der Waals surface area contributed by atoms with Crippen molar-refractivity contribution in [3.05, 3.63) is 136 Å².